The number of rotatable bonds is 6. The Bertz CT molecular complexity index is 1030. The summed E-state index contributed by atoms with van der Waals surface area (Å²) in [7, 11) is 1.54. The molecular formula is C20H21ClN4O4. The van der Waals surface area contributed by atoms with Crippen LogP contribution in [0.5, 0.6) is 5.75 Å². The number of ether oxygens (including phenoxy) is 2. The van der Waals surface area contributed by atoms with E-state index in [1.54, 1.807) is 31.5 Å². The van der Waals surface area contributed by atoms with Gasteiger partial charge in [-0.1, -0.05) is 11.6 Å². The number of hydrogen-bond donors (Lipinski definition) is 3. The molecule has 0 saturated carbocycles. The standard InChI is InChI=1S/C20H21ClN4O4/c1-28-12-4-5-14(16(21)6-12)18(27)15-7-22-19-17(15)20(24-10-23-19)25-11-2-3-13(8-26)29-9-11/h4-7,10-11,13,26H,2-3,8-9H2,1H3,(H2,22,23,24,25)/t11-,13+/m1/s1. The van der Waals surface area contributed by atoms with Crippen molar-refractivity contribution < 1.29 is 19.4 Å². The molecule has 3 heterocycles. The number of methoxy groups -OCH3 is 1. The van der Waals surface area contributed by atoms with Gasteiger partial charge in [0, 0.05) is 11.8 Å². The number of nitrogens with zero attached hydrogens (tertiary/aromatic N) is 2. The third kappa shape index (κ3) is 3.91. The molecule has 1 fully saturated rings. The fourth-order valence-electron chi connectivity index (χ4n) is 3.46. The summed E-state index contributed by atoms with van der Waals surface area (Å²) in [5.74, 6) is 0.900. The molecule has 2 atom stereocenters. The van der Waals surface area contributed by atoms with Gasteiger partial charge >= 0.3 is 0 Å². The van der Waals surface area contributed by atoms with Gasteiger partial charge in [0.1, 0.15) is 23.5 Å². The Kier molecular flexibility index (Phi) is 5.66. The lowest BCUT2D eigenvalue weighted by atomic mass is 10.0. The third-order valence-corrected chi connectivity index (χ3v) is 5.36. The van der Waals surface area contributed by atoms with Crippen LogP contribution < -0.4 is 10.1 Å². The monoisotopic (exact) mass is 416 g/mol. The quantitative estimate of drug-likeness (QED) is 0.530. The second-order valence-corrected chi connectivity index (χ2v) is 7.29. The average molecular weight is 417 g/mol. The lowest BCUT2D eigenvalue weighted by Gasteiger charge is -2.29. The summed E-state index contributed by atoms with van der Waals surface area (Å²) < 4.78 is 10.8. The Labute approximate surface area is 172 Å². The maximum atomic E-state index is 13.2. The molecule has 0 radical (unpaired) electrons. The number of anilines is 1. The maximum absolute atomic E-state index is 13.2. The summed E-state index contributed by atoms with van der Waals surface area (Å²) in [5, 5.41) is 13.5. The number of carbonyl (C=O) groups excluding carboxylic acids is 1. The number of aromatic amines is 1. The van der Waals surface area contributed by atoms with Gasteiger partial charge < -0.3 is 24.9 Å². The molecule has 0 spiro atoms. The van der Waals surface area contributed by atoms with Gasteiger partial charge in [-0.05, 0) is 31.0 Å². The second kappa shape index (κ2) is 8.36. The Hall–Kier alpha value is -2.68. The Morgan fingerprint density at radius 2 is 2.24 bits per heavy atom. The summed E-state index contributed by atoms with van der Waals surface area (Å²) in [4.78, 5) is 24.8. The van der Waals surface area contributed by atoms with Crippen molar-refractivity contribution in [2.75, 3.05) is 25.6 Å². The van der Waals surface area contributed by atoms with Gasteiger partial charge in [0.25, 0.3) is 0 Å². The van der Waals surface area contributed by atoms with Crippen LogP contribution in [0.1, 0.15) is 28.8 Å². The van der Waals surface area contributed by atoms with Gasteiger partial charge in [0.2, 0.25) is 0 Å². The lowest BCUT2D eigenvalue weighted by Crippen LogP contribution is -2.36. The van der Waals surface area contributed by atoms with Gasteiger partial charge in [-0.2, -0.15) is 0 Å². The topological polar surface area (TPSA) is 109 Å². The zero-order chi connectivity index (χ0) is 20.4. The van der Waals surface area contributed by atoms with E-state index in [4.69, 9.17) is 21.1 Å². The number of aliphatic hydroxyl groups excluding tert-OH is 1. The first kappa shape index (κ1) is 19.6. The Morgan fingerprint density at radius 3 is 2.93 bits per heavy atom. The smallest absolute Gasteiger partial charge is 0.196 e. The number of ketones is 1. The summed E-state index contributed by atoms with van der Waals surface area (Å²) in [5.41, 5.74) is 1.36. The van der Waals surface area contributed by atoms with Crippen molar-refractivity contribution in [3.05, 3.63) is 46.9 Å². The molecule has 29 heavy (non-hydrogen) atoms. The van der Waals surface area contributed by atoms with Crippen molar-refractivity contribution in [2.24, 2.45) is 0 Å². The zero-order valence-corrected chi connectivity index (χ0v) is 16.6. The number of aromatic nitrogens is 3. The number of nitrogens with one attached hydrogen (secondary N) is 2. The Balaban J connectivity index is 1.65. The summed E-state index contributed by atoms with van der Waals surface area (Å²) >= 11 is 6.30. The van der Waals surface area contributed by atoms with Gasteiger partial charge in [-0.3, -0.25) is 4.79 Å². The van der Waals surface area contributed by atoms with E-state index in [0.717, 1.165) is 12.8 Å². The number of fused-ring (bicyclic) bond motifs is 1. The van der Waals surface area contributed by atoms with Crippen molar-refractivity contribution in [1.82, 2.24) is 15.0 Å². The second-order valence-electron chi connectivity index (χ2n) is 6.88. The van der Waals surface area contributed by atoms with E-state index in [0.29, 0.717) is 45.4 Å². The number of hydrogen-bond acceptors (Lipinski definition) is 7. The molecule has 1 aliphatic rings. The summed E-state index contributed by atoms with van der Waals surface area (Å²) in [6.07, 6.45) is 4.51. The van der Waals surface area contributed by atoms with Crippen LogP contribution in [0.25, 0.3) is 11.0 Å². The van der Waals surface area contributed by atoms with Crippen LogP contribution in [-0.4, -0.2) is 58.3 Å². The van der Waals surface area contributed by atoms with Gasteiger partial charge in [0.05, 0.1) is 48.4 Å². The first-order valence-corrected chi connectivity index (χ1v) is 9.67. The van der Waals surface area contributed by atoms with E-state index in [1.807, 2.05) is 0 Å². The van der Waals surface area contributed by atoms with Crippen LogP contribution >= 0.6 is 11.6 Å². The molecule has 1 aromatic carbocycles. The van der Waals surface area contributed by atoms with Crippen LogP contribution in [0.2, 0.25) is 5.02 Å². The first-order chi connectivity index (χ1) is 14.1. The maximum Gasteiger partial charge on any atom is 0.196 e. The van der Waals surface area contributed by atoms with Crippen molar-refractivity contribution in [2.45, 2.75) is 25.0 Å². The highest BCUT2D eigenvalue weighted by molar-refractivity contribution is 6.35. The van der Waals surface area contributed by atoms with E-state index in [9.17, 15) is 9.90 Å². The molecule has 9 heteroatoms. The fraction of sp³-hybridized carbons (Fsp3) is 0.350. The fourth-order valence-corrected chi connectivity index (χ4v) is 3.72. The van der Waals surface area contributed by atoms with Gasteiger partial charge in [-0.15, -0.1) is 0 Å². The minimum Gasteiger partial charge on any atom is -0.497 e. The van der Waals surface area contributed by atoms with Crippen LogP contribution in [-0.2, 0) is 4.74 Å². The number of aliphatic hydroxyl groups is 1. The molecular weight excluding hydrogens is 396 g/mol. The number of carbonyl (C=O) groups is 1. The molecule has 8 nitrogen and oxygen atoms in total. The molecule has 0 aliphatic carbocycles. The molecule has 3 N–H and O–H groups in total. The largest absolute Gasteiger partial charge is 0.497 e. The predicted octanol–water partition coefficient (Wildman–Crippen LogP) is 2.80. The highest BCUT2D eigenvalue weighted by atomic mass is 35.5. The number of benzene rings is 1. The van der Waals surface area contributed by atoms with E-state index in [2.05, 4.69) is 20.3 Å². The summed E-state index contributed by atoms with van der Waals surface area (Å²) in [6, 6.07) is 4.97. The normalized spacial score (nSPS) is 19.3. The van der Waals surface area contributed by atoms with E-state index in [-0.39, 0.29) is 24.5 Å². The van der Waals surface area contributed by atoms with Crippen LogP contribution in [0.15, 0.2) is 30.7 Å². The lowest BCUT2D eigenvalue weighted by molar-refractivity contribution is -0.0224. The molecule has 0 bridgehead atoms. The van der Waals surface area contributed by atoms with Crippen LogP contribution in [0, 0.1) is 0 Å². The van der Waals surface area contributed by atoms with Crippen LogP contribution in [0.4, 0.5) is 5.82 Å². The first-order valence-electron chi connectivity index (χ1n) is 9.30. The van der Waals surface area contributed by atoms with Crippen molar-refractivity contribution in [3.63, 3.8) is 0 Å². The molecule has 1 saturated heterocycles. The third-order valence-electron chi connectivity index (χ3n) is 5.05. The Morgan fingerprint density at radius 1 is 1.38 bits per heavy atom. The molecule has 0 amide bonds. The molecule has 0 unspecified atom stereocenters. The average Bonchev–Trinajstić information content (AvgIpc) is 3.19. The minimum absolute atomic E-state index is 0.0174. The molecule has 2 aromatic heterocycles. The van der Waals surface area contributed by atoms with Crippen molar-refractivity contribution >= 4 is 34.2 Å². The van der Waals surface area contributed by atoms with Gasteiger partial charge in [0.15, 0.2) is 5.78 Å². The van der Waals surface area contributed by atoms with Gasteiger partial charge in [-0.25, -0.2) is 9.97 Å². The highest BCUT2D eigenvalue weighted by Gasteiger charge is 2.24. The van der Waals surface area contributed by atoms with Crippen molar-refractivity contribution in [3.8, 4) is 5.75 Å². The molecule has 1 aliphatic heterocycles. The SMILES string of the molecule is COc1ccc(C(=O)c2c[nH]c3ncnc(N[C@@H]4CC[C@@H](CO)OC4)c23)c(Cl)c1. The number of H-pyrrole nitrogens is 1. The zero-order valence-electron chi connectivity index (χ0n) is 15.8. The molecule has 152 valence electrons. The number of halogens is 1. The summed E-state index contributed by atoms with van der Waals surface area (Å²) in [6.45, 7) is 0.471. The van der Waals surface area contributed by atoms with E-state index < -0.39 is 0 Å². The van der Waals surface area contributed by atoms with Crippen LogP contribution in [0.3, 0.4) is 0 Å². The predicted molar refractivity (Wildman–Crippen MR) is 109 cm³/mol. The van der Waals surface area contributed by atoms with E-state index >= 15 is 0 Å². The molecule has 4 rings (SSSR count). The van der Waals surface area contributed by atoms with E-state index in [1.165, 1.54) is 6.33 Å². The van der Waals surface area contributed by atoms with Crippen molar-refractivity contribution in [1.29, 1.82) is 0 Å². The minimum atomic E-state index is -0.234. The highest BCUT2D eigenvalue weighted by Crippen LogP contribution is 2.30. The molecule has 3 aromatic rings.